The van der Waals surface area contributed by atoms with Crippen molar-refractivity contribution >= 4 is 17.3 Å². The van der Waals surface area contributed by atoms with Gasteiger partial charge in [0.1, 0.15) is 0 Å². The van der Waals surface area contributed by atoms with Gasteiger partial charge in [0, 0.05) is 25.8 Å². The van der Waals surface area contributed by atoms with E-state index in [2.05, 4.69) is 27.9 Å². The van der Waals surface area contributed by atoms with Crippen LogP contribution < -0.4 is 10.6 Å². The Hall–Kier alpha value is -1.17. The minimum absolute atomic E-state index is 0.743. The predicted octanol–water partition coefficient (Wildman–Crippen LogP) is 0.932. The number of rotatable bonds is 7. The summed E-state index contributed by atoms with van der Waals surface area (Å²) in [6.45, 7) is 4.84. The summed E-state index contributed by atoms with van der Waals surface area (Å²) in [5.74, 6) is 0. The number of nitrogens with one attached hydrogen (secondary N) is 2. The van der Waals surface area contributed by atoms with Crippen LogP contribution in [0.4, 0.5) is 0 Å². The van der Waals surface area contributed by atoms with Crippen LogP contribution in [0.2, 0.25) is 0 Å². The van der Waals surface area contributed by atoms with Gasteiger partial charge >= 0.3 is 0 Å². The zero-order chi connectivity index (χ0) is 11.6. The topological polar surface area (TPSA) is 54.8 Å². The zero-order valence-corrected chi connectivity index (χ0v) is 10.5. The lowest BCUT2D eigenvalue weighted by atomic mass is 10.3. The molecular formula is C10H19N5S. The van der Waals surface area contributed by atoms with Crippen molar-refractivity contribution in [3.8, 4) is 0 Å². The molecule has 1 rings (SSSR count). The molecule has 0 radical (unpaired) electrons. The molecule has 90 valence electrons. The van der Waals surface area contributed by atoms with Gasteiger partial charge in [-0.1, -0.05) is 18.6 Å². The van der Waals surface area contributed by atoms with Crippen LogP contribution in [0.25, 0.3) is 0 Å². The van der Waals surface area contributed by atoms with E-state index in [1.54, 1.807) is 6.20 Å². The predicted molar refractivity (Wildman–Crippen MR) is 68.2 cm³/mol. The molecule has 0 unspecified atom stereocenters. The molecule has 0 saturated carbocycles. The van der Waals surface area contributed by atoms with Crippen molar-refractivity contribution in [1.29, 1.82) is 0 Å². The summed E-state index contributed by atoms with van der Waals surface area (Å²) in [6, 6.07) is 0. The third-order valence-electron chi connectivity index (χ3n) is 2.14. The lowest BCUT2D eigenvalue weighted by Gasteiger charge is -2.09. The molecule has 6 heteroatoms. The normalized spacial score (nSPS) is 10.1. The van der Waals surface area contributed by atoms with Crippen LogP contribution in [0.5, 0.6) is 0 Å². The maximum Gasteiger partial charge on any atom is 0.166 e. The van der Waals surface area contributed by atoms with Gasteiger partial charge < -0.3 is 10.6 Å². The highest BCUT2D eigenvalue weighted by Crippen LogP contribution is 1.86. The lowest BCUT2D eigenvalue weighted by molar-refractivity contribution is 0.553. The molecule has 16 heavy (non-hydrogen) atoms. The molecule has 5 nitrogen and oxygen atoms in total. The van der Waals surface area contributed by atoms with Crippen molar-refractivity contribution in [3.05, 3.63) is 12.4 Å². The van der Waals surface area contributed by atoms with Crippen molar-refractivity contribution in [1.82, 2.24) is 25.6 Å². The molecule has 1 heterocycles. The van der Waals surface area contributed by atoms with Gasteiger partial charge in [-0.25, -0.2) is 0 Å². The Morgan fingerprint density at radius 2 is 2.06 bits per heavy atom. The van der Waals surface area contributed by atoms with Gasteiger partial charge in [-0.15, -0.1) is 5.10 Å². The van der Waals surface area contributed by atoms with Gasteiger partial charge in [-0.05, 0) is 25.1 Å². The Labute approximate surface area is 102 Å². The fraction of sp³-hybridized carbons (Fsp3) is 0.700. The minimum Gasteiger partial charge on any atom is -0.363 e. The van der Waals surface area contributed by atoms with E-state index in [4.69, 9.17) is 12.2 Å². The quantitative estimate of drug-likeness (QED) is 0.549. The summed E-state index contributed by atoms with van der Waals surface area (Å²) >= 11 is 5.12. The van der Waals surface area contributed by atoms with Crippen molar-refractivity contribution in [2.45, 2.75) is 32.7 Å². The van der Waals surface area contributed by atoms with Gasteiger partial charge in [0.15, 0.2) is 5.11 Å². The van der Waals surface area contributed by atoms with E-state index in [0.29, 0.717) is 0 Å². The van der Waals surface area contributed by atoms with Crippen LogP contribution in [0.3, 0.4) is 0 Å². The third kappa shape index (κ3) is 5.65. The number of hydrogen-bond donors (Lipinski definition) is 2. The van der Waals surface area contributed by atoms with E-state index in [-0.39, 0.29) is 0 Å². The number of nitrogens with zero attached hydrogens (tertiary/aromatic N) is 3. The molecular weight excluding hydrogens is 222 g/mol. The standard InChI is InChI=1S/C10H19N5S/c1-2-3-5-11-10(16)12-6-4-8-15-9-7-13-14-15/h7,9H,2-6,8H2,1H3,(H2,11,12,16). The van der Waals surface area contributed by atoms with Gasteiger partial charge in [0.25, 0.3) is 0 Å². The fourth-order valence-corrected chi connectivity index (χ4v) is 1.44. The zero-order valence-electron chi connectivity index (χ0n) is 9.65. The molecule has 0 saturated heterocycles. The molecule has 2 N–H and O–H groups in total. The van der Waals surface area contributed by atoms with Crippen molar-refractivity contribution in [2.24, 2.45) is 0 Å². The molecule has 0 spiro atoms. The first-order valence-corrected chi connectivity index (χ1v) is 6.09. The molecule has 1 aromatic rings. The monoisotopic (exact) mass is 241 g/mol. The summed E-state index contributed by atoms with van der Waals surface area (Å²) in [4.78, 5) is 0. The third-order valence-corrected chi connectivity index (χ3v) is 2.43. The largest absolute Gasteiger partial charge is 0.363 e. The van der Waals surface area contributed by atoms with Crippen LogP contribution in [-0.2, 0) is 6.54 Å². The molecule has 0 aliphatic carbocycles. The second kappa shape index (κ2) is 8.04. The van der Waals surface area contributed by atoms with Crippen molar-refractivity contribution in [2.75, 3.05) is 13.1 Å². The molecule has 0 aliphatic rings. The number of hydrogen-bond acceptors (Lipinski definition) is 3. The Morgan fingerprint density at radius 1 is 1.31 bits per heavy atom. The molecule has 0 fully saturated rings. The van der Waals surface area contributed by atoms with E-state index in [9.17, 15) is 0 Å². The first-order valence-electron chi connectivity index (χ1n) is 5.68. The highest BCUT2D eigenvalue weighted by molar-refractivity contribution is 7.80. The average Bonchev–Trinajstić information content (AvgIpc) is 2.78. The first-order chi connectivity index (χ1) is 7.83. The Balaban J connectivity index is 1.96. The SMILES string of the molecule is CCCCNC(=S)NCCCn1ccnn1. The van der Waals surface area contributed by atoms with Crippen LogP contribution in [0.15, 0.2) is 12.4 Å². The molecule has 0 aliphatic heterocycles. The Kier molecular flexibility index (Phi) is 6.48. The lowest BCUT2D eigenvalue weighted by Crippen LogP contribution is -2.36. The Bertz CT molecular complexity index is 285. The maximum absolute atomic E-state index is 5.12. The summed E-state index contributed by atoms with van der Waals surface area (Å²) < 4.78 is 1.81. The van der Waals surface area contributed by atoms with Crippen molar-refractivity contribution in [3.63, 3.8) is 0 Å². The molecule has 0 aromatic carbocycles. The van der Waals surface area contributed by atoms with Gasteiger partial charge in [-0.2, -0.15) is 0 Å². The molecule has 0 bridgehead atoms. The average molecular weight is 241 g/mol. The summed E-state index contributed by atoms with van der Waals surface area (Å²) in [6.07, 6.45) is 6.86. The highest BCUT2D eigenvalue weighted by atomic mass is 32.1. The summed E-state index contributed by atoms with van der Waals surface area (Å²) in [5, 5.41) is 14.7. The maximum atomic E-state index is 5.12. The van der Waals surface area contributed by atoms with E-state index < -0.39 is 0 Å². The van der Waals surface area contributed by atoms with E-state index in [1.165, 1.54) is 6.42 Å². The van der Waals surface area contributed by atoms with Crippen molar-refractivity contribution < 1.29 is 0 Å². The molecule has 1 aromatic heterocycles. The van der Waals surface area contributed by atoms with Crippen LogP contribution in [0, 0.1) is 0 Å². The number of aryl methyl sites for hydroxylation is 1. The van der Waals surface area contributed by atoms with Crippen LogP contribution >= 0.6 is 12.2 Å². The second-order valence-electron chi connectivity index (χ2n) is 3.56. The summed E-state index contributed by atoms with van der Waals surface area (Å²) in [5.41, 5.74) is 0. The van der Waals surface area contributed by atoms with Gasteiger partial charge in [0.2, 0.25) is 0 Å². The number of unbranched alkanes of at least 4 members (excludes halogenated alkanes) is 1. The second-order valence-corrected chi connectivity index (χ2v) is 3.96. The minimum atomic E-state index is 0.743. The highest BCUT2D eigenvalue weighted by Gasteiger charge is 1.95. The van der Waals surface area contributed by atoms with Crippen LogP contribution in [-0.4, -0.2) is 33.2 Å². The van der Waals surface area contributed by atoms with Gasteiger partial charge in [0.05, 0.1) is 6.20 Å². The molecule has 0 amide bonds. The fourth-order valence-electron chi connectivity index (χ4n) is 1.24. The Morgan fingerprint density at radius 3 is 2.69 bits per heavy atom. The molecule has 0 atom stereocenters. The summed E-state index contributed by atoms with van der Waals surface area (Å²) in [7, 11) is 0. The van der Waals surface area contributed by atoms with Gasteiger partial charge in [-0.3, -0.25) is 4.68 Å². The smallest absolute Gasteiger partial charge is 0.166 e. The van der Waals surface area contributed by atoms with E-state index in [0.717, 1.165) is 37.6 Å². The number of aromatic nitrogens is 3. The number of thiocarbonyl (C=S) groups is 1. The van der Waals surface area contributed by atoms with E-state index in [1.807, 2.05) is 10.9 Å². The van der Waals surface area contributed by atoms with E-state index >= 15 is 0 Å². The van der Waals surface area contributed by atoms with Crippen LogP contribution in [0.1, 0.15) is 26.2 Å². The first kappa shape index (κ1) is 12.9.